The molecule has 0 saturated carbocycles. The van der Waals surface area contributed by atoms with Crippen LogP contribution in [0.1, 0.15) is 19.4 Å². The molecule has 2 rings (SSSR count). The van der Waals surface area contributed by atoms with Gasteiger partial charge >= 0.3 is 0 Å². The number of nitrogens with one attached hydrogen (secondary N) is 1. The molecule has 0 aliphatic carbocycles. The molecule has 0 saturated heterocycles. The van der Waals surface area contributed by atoms with E-state index in [2.05, 4.69) is 43.4 Å². The SMILES string of the molecule is CCSc1ccccc1NC(C)Cc1ccc(O)cc1. The van der Waals surface area contributed by atoms with Crippen molar-refractivity contribution in [3.63, 3.8) is 0 Å². The molecule has 2 aromatic rings. The Balaban J connectivity index is 2.00. The van der Waals surface area contributed by atoms with Crippen LogP contribution in [0.15, 0.2) is 53.4 Å². The van der Waals surface area contributed by atoms with Crippen molar-refractivity contribution < 1.29 is 5.11 Å². The van der Waals surface area contributed by atoms with Crippen molar-refractivity contribution in [2.45, 2.75) is 31.2 Å². The fourth-order valence-corrected chi connectivity index (χ4v) is 2.94. The average Bonchev–Trinajstić information content (AvgIpc) is 2.44. The monoisotopic (exact) mass is 287 g/mol. The van der Waals surface area contributed by atoms with E-state index in [9.17, 15) is 5.11 Å². The van der Waals surface area contributed by atoms with Crippen molar-refractivity contribution in [1.82, 2.24) is 0 Å². The lowest BCUT2D eigenvalue weighted by Gasteiger charge is -2.18. The highest BCUT2D eigenvalue weighted by molar-refractivity contribution is 7.99. The molecule has 3 heteroatoms. The van der Waals surface area contributed by atoms with E-state index >= 15 is 0 Å². The summed E-state index contributed by atoms with van der Waals surface area (Å²) in [6.45, 7) is 4.35. The van der Waals surface area contributed by atoms with Gasteiger partial charge in [-0.3, -0.25) is 0 Å². The minimum Gasteiger partial charge on any atom is -0.508 e. The summed E-state index contributed by atoms with van der Waals surface area (Å²) in [7, 11) is 0. The Kier molecular flexibility index (Phi) is 5.36. The van der Waals surface area contributed by atoms with Gasteiger partial charge in [-0.2, -0.15) is 0 Å². The number of para-hydroxylation sites is 1. The lowest BCUT2D eigenvalue weighted by atomic mass is 10.1. The smallest absolute Gasteiger partial charge is 0.115 e. The van der Waals surface area contributed by atoms with Crippen LogP contribution in [-0.4, -0.2) is 16.9 Å². The summed E-state index contributed by atoms with van der Waals surface area (Å²) in [4.78, 5) is 1.30. The topological polar surface area (TPSA) is 32.3 Å². The number of hydrogen-bond donors (Lipinski definition) is 2. The number of benzene rings is 2. The second-order valence-electron chi connectivity index (χ2n) is 4.85. The van der Waals surface area contributed by atoms with Gasteiger partial charge < -0.3 is 10.4 Å². The van der Waals surface area contributed by atoms with Gasteiger partial charge in [0.25, 0.3) is 0 Å². The van der Waals surface area contributed by atoms with Gasteiger partial charge in [0, 0.05) is 16.6 Å². The minimum absolute atomic E-state index is 0.319. The number of phenols is 1. The van der Waals surface area contributed by atoms with E-state index in [1.54, 1.807) is 12.1 Å². The maximum atomic E-state index is 9.30. The zero-order valence-corrected chi connectivity index (χ0v) is 12.8. The summed E-state index contributed by atoms with van der Waals surface area (Å²) in [6, 6.07) is 16.2. The van der Waals surface area contributed by atoms with Crippen LogP contribution in [0.2, 0.25) is 0 Å². The molecule has 0 spiro atoms. The fraction of sp³-hybridized carbons (Fsp3) is 0.294. The van der Waals surface area contributed by atoms with Crippen molar-refractivity contribution >= 4 is 17.4 Å². The Hall–Kier alpha value is -1.61. The molecule has 0 fully saturated rings. The third-order valence-corrected chi connectivity index (χ3v) is 4.02. The van der Waals surface area contributed by atoms with Crippen LogP contribution >= 0.6 is 11.8 Å². The summed E-state index contributed by atoms with van der Waals surface area (Å²) < 4.78 is 0. The van der Waals surface area contributed by atoms with Crippen LogP contribution in [0, 0.1) is 0 Å². The minimum atomic E-state index is 0.319. The van der Waals surface area contributed by atoms with Crippen LogP contribution in [-0.2, 0) is 6.42 Å². The molecular formula is C17H21NOS. The van der Waals surface area contributed by atoms with Gasteiger partial charge in [-0.1, -0.05) is 31.2 Å². The van der Waals surface area contributed by atoms with Crippen molar-refractivity contribution in [2.24, 2.45) is 0 Å². The zero-order valence-electron chi connectivity index (χ0n) is 12.0. The highest BCUT2D eigenvalue weighted by Crippen LogP contribution is 2.27. The second-order valence-corrected chi connectivity index (χ2v) is 6.15. The molecule has 2 aromatic carbocycles. The molecule has 0 aromatic heterocycles. The maximum Gasteiger partial charge on any atom is 0.115 e. The number of phenolic OH excluding ortho intramolecular Hbond substituents is 1. The van der Waals surface area contributed by atoms with E-state index in [0.29, 0.717) is 11.8 Å². The first kappa shape index (κ1) is 14.8. The average molecular weight is 287 g/mol. The number of thioether (sulfide) groups is 1. The van der Waals surface area contributed by atoms with Gasteiger partial charge in [-0.15, -0.1) is 11.8 Å². The van der Waals surface area contributed by atoms with E-state index in [4.69, 9.17) is 0 Å². The number of hydrogen-bond acceptors (Lipinski definition) is 3. The molecule has 0 aliphatic rings. The van der Waals surface area contributed by atoms with Crippen LogP contribution in [0.3, 0.4) is 0 Å². The molecule has 2 N–H and O–H groups in total. The summed E-state index contributed by atoms with van der Waals surface area (Å²) in [5.74, 6) is 1.39. The molecule has 0 radical (unpaired) electrons. The van der Waals surface area contributed by atoms with E-state index in [-0.39, 0.29) is 0 Å². The molecule has 106 valence electrons. The number of anilines is 1. The Bertz CT molecular complexity index is 539. The molecule has 1 unspecified atom stereocenters. The number of aromatic hydroxyl groups is 1. The van der Waals surface area contributed by atoms with E-state index in [1.165, 1.54) is 16.1 Å². The predicted octanol–water partition coefficient (Wildman–Crippen LogP) is 4.55. The molecule has 0 heterocycles. The zero-order chi connectivity index (χ0) is 14.4. The quantitative estimate of drug-likeness (QED) is 0.765. The van der Waals surface area contributed by atoms with Gasteiger partial charge in [0.05, 0.1) is 0 Å². The van der Waals surface area contributed by atoms with Crippen LogP contribution < -0.4 is 5.32 Å². The van der Waals surface area contributed by atoms with Crippen LogP contribution in [0.25, 0.3) is 0 Å². The molecule has 0 amide bonds. The van der Waals surface area contributed by atoms with E-state index < -0.39 is 0 Å². The molecular weight excluding hydrogens is 266 g/mol. The van der Waals surface area contributed by atoms with Crippen molar-refractivity contribution in [3.05, 3.63) is 54.1 Å². The number of rotatable bonds is 6. The summed E-state index contributed by atoms with van der Waals surface area (Å²) in [5.41, 5.74) is 2.43. The maximum absolute atomic E-state index is 9.30. The van der Waals surface area contributed by atoms with Gasteiger partial charge in [-0.05, 0) is 48.9 Å². The standard InChI is InChI=1S/C17H21NOS/c1-3-20-17-7-5-4-6-16(17)18-13(2)12-14-8-10-15(19)11-9-14/h4-11,13,18-19H,3,12H2,1-2H3. The second kappa shape index (κ2) is 7.25. The van der Waals surface area contributed by atoms with E-state index in [1.807, 2.05) is 23.9 Å². The Morgan fingerprint density at radius 3 is 2.50 bits per heavy atom. The van der Waals surface area contributed by atoms with Gasteiger partial charge in [0.1, 0.15) is 5.75 Å². The largest absolute Gasteiger partial charge is 0.508 e. The summed E-state index contributed by atoms with van der Waals surface area (Å²) in [6.07, 6.45) is 0.936. The predicted molar refractivity (Wildman–Crippen MR) is 87.7 cm³/mol. The Morgan fingerprint density at radius 1 is 1.10 bits per heavy atom. The lowest BCUT2D eigenvalue weighted by Crippen LogP contribution is -2.18. The normalized spacial score (nSPS) is 12.1. The van der Waals surface area contributed by atoms with Crippen molar-refractivity contribution in [3.8, 4) is 5.75 Å². The first-order valence-corrected chi connectivity index (χ1v) is 7.94. The fourth-order valence-electron chi connectivity index (χ4n) is 2.17. The van der Waals surface area contributed by atoms with Crippen molar-refractivity contribution in [1.29, 1.82) is 0 Å². The van der Waals surface area contributed by atoms with Gasteiger partial charge in [0.2, 0.25) is 0 Å². The highest BCUT2D eigenvalue weighted by atomic mass is 32.2. The van der Waals surface area contributed by atoms with Crippen LogP contribution in [0.5, 0.6) is 5.75 Å². The molecule has 0 bridgehead atoms. The molecule has 1 atom stereocenters. The first-order valence-electron chi connectivity index (χ1n) is 6.95. The Labute approximate surface area is 125 Å². The molecule has 2 nitrogen and oxygen atoms in total. The third-order valence-electron chi connectivity index (χ3n) is 3.07. The van der Waals surface area contributed by atoms with Gasteiger partial charge in [-0.25, -0.2) is 0 Å². The van der Waals surface area contributed by atoms with Gasteiger partial charge in [0.15, 0.2) is 0 Å². The Morgan fingerprint density at radius 2 is 1.80 bits per heavy atom. The summed E-state index contributed by atoms with van der Waals surface area (Å²) >= 11 is 1.86. The highest BCUT2D eigenvalue weighted by Gasteiger charge is 2.07. The first-order chi connectivity index (χ1) is 9.69. The van der Waals surface area contributed by atoms with Crippen LogP contribution in [0.4, 0.5) is 5.69 Å². The molecule has 0 aliphatic heterocycles. The third kappa shape index (κ3) is 4.20. The lowest BCUT2D eigenvalue weighted by molar-refractivity contribution is 0.475. The molecule has 20 heavy (non-hydrogen) atoms. The summed E-state index contributed by atoms with van der Waals surface area (Å²) in [5, 5.41) is 12.9. The van der Waals surface area contributed by atoms with Crippen molar-refractivity contribution in [2.75, 3.05) is 11.1 Å². The van der Waals surface area contributed by atoms with E-state index in [0.717, 1.165) is 12.2 Å².